The van der Waals surface area contributed by atoms with Gasteiger partial charge in [-0.1, -0.05) is 36.4 Å². The number of hydrogen-bond donors (Lipinski definition) is 3. The molecule has 0 aliphatic carbocycles. The minimum absolute atomic E-state index is 0.0537. The quantitative estimate of drug-likeness (QED) is 0.663. The number of nitrogens with zero attached hydrogens (tertiary/aromatic N) is 1. The molecule has 0 radical (unpaired) electrons. The Balaban J connectivity index is 1.66. The lowest BCUT2D eigenvalue weighted by molar-refractivity contribution is -0.134. The zero-order valence-corrected chi connectivity index (χ0v) is 15.1. The molecule has 1 aliphatic rings. The van der Waals surface area contributed by atoms with Crippen molar-refractivity contribution in [3.63, 3.8) is 0 Å². The van der Waals surface area contributed by atoms with Gasteiger partial charge in [0, 0.05) is 32.6 Å². The van der Waals surface area contributed by atoms with E-state index in [9.17, 15) is 14.4 Å². The number of piperazine rings is 1. The Bertz CT molecular complexity index is 852. The highest BCUT2D eigenvalue weighted by atomic mass is 16.2. The Kier molecular flexibility index (Phi) is 6.03. The van der Waals surface area contributed by atoms with Crippen molar-refractivity contribution in [3.05, 3.63) is 48.0 Å². The maximum Gasteiger partial charge on any atom is 0.237 e. The van der Waals surface area contributed by atoms with Crippen LogP contribution in [0.25, 0.3) is 10.8 Å². The van der Waals surface area contributed by atoms with Crippen molar-refractivity contribution in [3.8, 4) is 0 Å². The van der Waals surface area contributed by atoms with Crippen LogP contribution in [-0.2, 0) is 20.9 Å². The van der Waals surface area contributed by atoms with E-state index in [1.165, 1.54) is 5.39 Å². The molecule has 1 saturated heterocycles. The van der Waals surface area contributed by atoms with Crippen LogP contribution in [0.3, 0.4) is 0 Å². The Hall–Kier alpha value is -2.93. The number of primary amides is 1. The zero-order valence-electron chi connectivity index (χ0n) is 15.1. The molecule has 0 unspecified atom stereocenters. The minimum Gasteiger partial charge on any atom is -0.370 e. The molecule has 142 valence electrons. The lowest BCUT2D eigenvalue weighted by Crippen LogP contribution is -2.56. The zero-order chi connectivity index (χ0) is 19.2. The summed E-state index contributed by atoms with van der Waals surface area (Å²) in [6, 6.07) is 13.8. The van der Waals surface area contributed by atoms with Gasteiger partial charge < -0.3 is 16.4 Å². The van der Waals surface area contributed by atoms with Crippen LogP contribution in [0.1, 0.15) is 18.4 Å². The molecule has 4 N–H and O–H groups in total. The summed E-state index contributed by atoms with van der Waals surface area (Å²) in [5.74, 6) is -0.877. The van der Waals surface area contributed by atoms with E-state index in [1.807, 2.05) is 17.0 Å². The van der Waals surface area contributed by atoms with Gasteiger partial charge in [0.15, 0.2) is 0 Å². The summed E-state index contributed by atoms with van der Waals surface area (Å²) in [5.41, 5.74) is 6.17. The number of benzene rings is 2. The number of carbonyl (C=O) groups excluding carboxylic acids is 3. The Morgan fingerprint density at radius 2 is 1.96 bits per heavy atom. The third-order valence-corrected chi connectivity index (χ3v) is 4.71. The van der Waals surface area contributed by atoms with Crippen molar-refractivity contribution >= 4 is 28.5 Å². The smallest absolute Gasteiger partial charge is 0.237 e. The number of hydrogen-bond acceptors (Lipinski definition) is 4. The van der Waals surface area contributed by atoms with E-state index in [0.29, 0.717) is 19.6 Å². The molecule has 1 fully saturated rings. The highest BCUT2D eigenvalue weighted by Gasteiger charge is 2.31. The Labute approximate surface area is 157 Å². The number of carbonyl (C=O) groups is 3. The normalized spacial score (nSPS) is 17.5. The largest absolute Gasteiger partial charge is 0.370 e. The van der Waals surface area contributed by atoms with E-state index in [-0.39, 0.29) is 31.2 Å². The molecule has 0 bridgehead atoms. The lowest BCUT2D eigenvalue weighted by atomic mass is 10.0. The second kappa shape index (κ2) is 8.64. The fourth-order valence-electron chi connectivity index (χ4n) is 3.32. The van der Waals surface area contributed by atoms with Gasteiger partial charge >= 0.3 is 0 Å². The van der Waals surface area contributed by atoms with Crippen LogP contribution in [0, 0.1) is 0 Å². The SMILES string of the molecule is NC(=O)CCNC(=O)C[C@@H]1C(=O)NCCN1Cc1ccc2ccccc2c1. The highest BCUT2D eigenvalue weighted by Crippen LogP contribution is 2.19. The van der Waals surface area contributed by atoms with Gasteiger partial charge in [-0.15, -0.1) is 0 Å². The van der Waals surface area contributed by atoms with E-state index >= 15 is 0 Å². The van der Waals surface area contributed by atoms with Crippen LogP contribution < -0.4 is 16.4 Å². The molecular weight excluding hydrogens is 344 g/mol. The van der Waals surface area contributed by atoms with Crippen LogP contribution in [-0.4, -0.2) is 48.3 Å². The van der Waals surface area contributed by atoms with Crippen molar-refractivity contribution in [2.24, 2.45) is 5.73 Å². The van der Waals surface area contributed by atoms with Gasteiger partial charge in [0.2, 0.25) is 17.7 Å². The van der Waals surface area contributed by atoms with Gasteiger partial charge in [-0.3, -0.25) is 19.3 Å². The molecule has 7 heteroatoms. The number of rotatable bonds is 7. The van der Waals surface area contributed by atoms with Crippen LogP contribution >= 0.6 is 0 Å². The Morgan fingerprint density at radius 1 is 1.19 bits per heavy atom. The first-order chi connectivity index (χ1) is 13.0. The molecule has 0 spiro atoms. The number of fused-ring (bicyclic) bond motifs is 1. The van der Waals surface area contributed by atoms with Crippen molar-refractivity contribution in [2.75, 3.05) is 19.6 Å². The Morgan fingerprint density at radius 3 is 2.74 bits per heavy atom. The fraction of sp³-hybridized carbons (Fsp3) is 0.350. The standard InChI is InChI=1S/C20H24N4O3/c21-18(25)7-8-22-19(26)12-17-20(27)23-9-10-24(17)13-14-5-6-15-3-1-2-4-16(15)11-14/h1-6,11,17H,7-10,12-13H2,(H2,21,25)(H,22,26)(H,23,27)/t17-/m1/s1. The van der Waals surface area contributed by atoms with Gasteiger partial charge in [-0.2, -0.15) is 0 Å². The third-order valence-electron chi connectivity index (χ3n) is 4.71. The molecule has 3 rings (SSSR count). The lowest BCUT2D eigenvalue weighted by Gasteiger charge is -2.34. The van der Waals surface area contributed by atoms with Gasteiger partial charge in [-0.25, -0.2) is 0 Å². The highest BCUT2D eigenvalue weighted by molar-refractivity contribution is 5.89. The van der Waals surface area contributed by atoms with E-state index in [2.05, 4.69) is 41.0 Å². The van der Waals surface area contributed by atoms with Crippen LogP contribution in [0.15, 0.2) is 42.5 Å². The average molecular weight is 368 g/mol. The molecule has 1 aliphatic heterocycles. The van der Waals surface area contributed by atoms with Gasteiger partial charge in [0.25, 0.3) is 0 Å². The van der Waals surface area contributed by atoms with Gasteiger partial charge in [0.05, 0.1) is 12.5 Å². The first-order valence-corrected chi connectivity index (χ1v) is 9.07. The number of nitrogens with two attached hydrogens (primary N) is 1. The third kappa shape index (κ3) is 5.04. The average Bonchev–Trinajstić information content (AvgIpc) is 2.64. The van der Waals surface area contributed by atoms with Crippen LogP contribution in [0.4, 0.5) is 0 Å². The predicted molar refractivity (Wildman–Crippen MR) is 103 cm³/mol. The van der Waals surface area contributed by atoms with Crippen molar-refractivity contribution in [1.29, 1.82) is 0 Å². The monoisotopic (exact) mass is 368 g/mol. The number of nitrogens with one attached hydrogen (secondary N) is 2. The summed E-state index contributed by atoms with van der Waals surface area (Å²) in [6.45, 7) is 2.02. The van der Waals surface area contributed by atoms with Crippen molar-refractivity contribution in [1.82, 2.24) is 15.5 Å². The molecule has 0 saturated carbocycles. The molecule has 2 aromatic carbocycles. The first kappa shape index (κ1) is 18.8. The number of amides is 3. The second-order valence-electron chi connectivity index (χ2n) is 6.73. The summed E-state index contributed by atoms with van der Waals surface area (Å²) in [5, 5.41) is 7.79. The topological polar surface area (TPSA) is 105 Å². The minimum atomic E-state index is -0.529. The van der Waals surface area contributed by atoms with Gasteiger partial charge in [0.1, 0.15) is 0 Å². The maximum absolute atomic E-state index is 12.3. The predicted octanol–water partition coefficient (Wildman–Crippen LogP) is 0.522. The van der Waals surface area contributed by atoms with E-state index < -0.39 is 11.9 Å². The summed E-state index contributed by atoms with van der Waals surface area (Å²) < 4.78 is 0. The summed E-state index contributed by atoms with van der Waals surface area (Å²) in [4.78, 5) is 37.3. The summed E-state index contributed by atoms with van der Waals surface area (Å²) >= 11 is 0. The van der Waals surface area contributed by atoms with E-state index in [4.69, 9.17) is 5.73 Å². The molecule has 3 amide bonds. The molecule has 7 nitrogen and oxygen atoms in total. The molecule has 2 aromatic rings. The fourth-order valence-corrected chi connectivity index (χ4v) is 3.32. The van der Waals surface area contributed by atoms with Crippen LogP contribution in [0.2, 0.25) is 0 Å². The molecule has 1 heterocycles. The molecule has 1 atom stereocenters. The molecular formula is C20H24N4O3. The van der Waals surface area contributed by atoms with E-state index in [1.54, 1.807) is 0 Å². The molecule has 27 heavy (non-hydrogen) atoms. The van der Waals surface area contributed by atoms with Crippen molar-refractivity contribution < 1.29 is 14.4 Å². The summed E-state index contributed by atoms with van der Waals surface area (Å²) in [7, 11) is 0. The second-order valence-corrected chi connectivity index (χ2v) is 6.73. The first-order valence-electron chi connectivity index (χ1n) is 9.07. The van der Waals surface area contributed by atoms with Crippen molar-refractivity contribution in [2.45, 2.75) is 25.4 Å². The maximum atomic E-state index is 12.3. The summed E-state index contributed by atoms with van der Waals surface area (Å²) in [6.07, 6.45) is 0.140. The van der Waals surface area contributed by atoms with Crippen LogP contribution in [0.5, 0.6) is 0 Å². The van der Waals surface area contributed by atoms with Gasteiger partial charge in [-0.05, 0) is 22.4 Å². The van der Waals surface area contributed by atoms with E-state index in [0.717, 1.165) is 10.9 Å². The molecule has 0 aromatic heterocycles.